The second-order valence-corrected chi connectivity index (χ2v) is 12.6. The number of nitrogens with one attached hydrogen (secondary N) is 1. The second-order valence-electron chi connectivity index (χ2n) is 9.88. The molecule has 2 amide bonds. The molecule has 7 nitrogen and oxygen atoms in total. The number of carbonyl (C=O) groups excluding carboxylic acids is 2. The molecule has 0 saturated carbocycles. The van der Waals surface area contributed by atoms with Crippen LogP contribution in [0, 0.1) is 13.8 Å². The lowest BCUT2D eigenvalue weighted by Gasteiger charge is -2.33. The van der Waals surface area contributed by atoms with Crippen molar-refractivity contribution in [2.24, 2.45) is 0 Å². The summed E-state index contributed by atoms with van der Waals surface area (Å²) in [5.41, 5.74) is 2.63. The largest absolute Gasteiger partial charge is 0.352 e. The predicted molar refractivity (Wildman–Crippen MR) is 161 cm³/mol. The molecule has 0 saturated heterocycles. The summed E-state index contributed by atoms with van der Waals surface area (Å²) >= 11 is 12.8. The molecule has 0 aliphatic heterocycles. The predicted octanol–water partition coefficient (Wildman–Crippen LogP) is 6.14. The van der Waals surface area contributed by atoms with Gasteiger partial charge in [0.2, 0.25) is 11.8 Å². The van der Waals surface area contributed by atoms with E-state index >= 15 is 0 Å². The number of hydrogen-bond donors (Lipinski definition) is 1. The topological polar surface area (TPSA) is 86.8 Å². The van der Waals surface area contributed by atoms with Crippen LogP contribution < -0.4 is 9.62 Å². The van der Waals surface area contributed by atoms with Crippen LogP contribution in [0.1, 0.15) is 43.9 Å². The van der Waals surface area contributed by atoms with Gasteiger partial charge in [-0.15, -0.1) is 0 Å². The van der Waals surface area contributed by atoms with Crippen LogP contribution in [0.3, 0.4) is 0 Å². The molecule has 1 N–H and O–H groups in total. The van der Waals surface area contributed by atoms with Gasteiger partial charge in [0.15, 0.2) is 0 Å². The molecule has 0 aliphatic carbocycles. The summed E-state index contributed by atoms with van der Waals surface area (Å²) in [4.78, 5) is 28.5. The summed E-state index contributed by atoms with van der Waals surface area (Å²) in [6.07, 6.45) is 0.707. The van der Waals surface area contributed by atoms with Gasteiger partial charge in [0.1, 0.15) is 12.6 Å². The first-order valence-electron chi connectivity index (χ1n) is 13.0. The highest BCUT2D eigenvalue weighted by Crippen LogP contribution is 2.28. The van der Waals surface area contributed by atoms with Crippen LogP contribution in [0.25, 0.3) is 0 Å². The van der Waals surface area contributed by atoms with Gasteiger partial charge in [0, 0.05) is 28.2 Å². The Balaban J connectivity index is 2.06. The zero-order valence-electron chi connectivity index (χ0n) is 23.3. The molecule has 0 aromatic heterocycles. The van der Waals surface area contributed by atoms with Crippen LogP contribution in [0.2, 0.25) is 10.0 Å². The highest BCUT2D eigenvalue weighted by atomic mass is 35.5. The third-order valence-electron chi connectivity index (χ3n) is 6.77. The van der Waals surface area contributed by atoms with Crippen molar-refractivity contribution in [1.29, 1.82) is 0 Å². The monoisotopic (exact) mass is 603 g/mol. The molecular weight excluding hydrogens is 569 g/mol. The Bertz CT molecular complexity index is 1420. The van der Waals surface area contributed by atoms with Gasteiger partial charge in [0.25, 0.3) is 10.0 Å². The first-order chi connectivity index (χ1) is 18.8. The number of aryl methyl sites for hydroxylation is 2. The maximum atomic E-state index is 14.0. The van der Waals surface area contributed by atoms with E-state index in [0.717, 1.165) is 15.4 Å². The van der Waals surface area contributed by atoms with Gasteiger partial charge < -0.3 is 10.2 Å². The molecule has 214 valence electrons. The average molecular weight is 605 g/mol. The minimum absolute atomic E-state index is 0.0507. The lowest BCUT2D eigenvalue weighted by molar-refractivity contribution is -0.139. The quantitative estimate of drug-likeness (QED) is 0.285. The zero-order valence-corrected chi connectivity index (χ0v) is 25.6. The summed E-state index contributed by atoms with van der Waals surface area (Å²) < 4.78 is 28.8. The van der Waals surface area contributed by atoms with Crippen LogP contribution in [0.4, 0.5) is 5.69 Å². The number of amides is 2. The summed E-state index contributed by atoms with van der Waals surface area (Å²) in [5, 5.41) is 3.57. The van der Waals surface area contributed by atoms with Crippen LogP contribution in [-0.2, 0) is 26.2 Å². The van der Waals surface area contributed by atoms with Crippen molar-refractivity contribution in [2.75, 3.05) is 10.8 Å². The smallest absolute Gasteiger partial charge is 0.264 e. The van der Waals surface area contributed by atoms with Crippen molar-refractivity contribution in [3.63, 3.8) is 0 Å². The molecular formula is C30H35Cl2N3O4S. The molecule has 0 radical (unpaired) electrons. The normalized spacial score (nSPS) is 12.9. The van der Waals surface area contributed by atoms with Crippen LogP contribution >= 0.6 is 23.2 Å². The third-order valence-corrected chi connectivity index (χ3v) is 9.26. The van der Waals surface area contributed by atoms with Crippen molar-refractivity contribution >= 4 is 50.7 Å². The van der Waals surface area contributed by atoms with Gasteiger partial charge in [-0.1, -0.05) is 71.6 Å². The molecule has 0 bridgehead atoms. The van der Waals surface area contributed by atoms with E-state index in [1.54, 1.807) is 61.5 Å². The van der Waals surface area contributed by atoms with Crippen molar-refractivity contribution in [3.05, 3.63) is 93.5 Å². The number of halogens is 2. The van der Waals surface area contributed by atoms with E-state index in [1.165, 1.54) is 17.0 Å². The Kier molecular flexibility index (Phi) is 10.6. The van der Waals surface area contributed by atoms with E-state index in [2.05, 4.69) is 5.32 Å². The number of anilines is 1. The van der Waals surface area contributed by atoms with E-state index in [4.69, 9.17) is 23.2 Å². The zero-order chi connectivity index (χ0) is 29.6. The molecule has 40 heavy (non-hydrogen) atoms. The Labute approximate surface area is 247 Å². The van der Waals surface area contributed by atoms with Gasteiger partial charge in [-0.3, -0.25) is 13.9 Å². The fourth-order valence-electron chi connectivity index (χ4n) is 3.98. The molecule has 2 atom stereocenters. The lowest BCUT2D eigenvalue weighted by Crippen LogP contribution is -2.52. The molecule has 3 aromatic carbocycles. The van der Waals surface area contributed by atoms with E-state index in [1.807, 2.05) is 27.7 Å². The van der Waals surface area contributed by atoms with Crippen molar-refractivity contribution in [1.82, 2.24) is 10.2 Å². The summed E-state index contributed by atoms with van der Waals surface area (Å²) in [6, 6.07) is 17.2. The molecule has 0 aliphatic rings. The summed E-state index contributed by atoms with van der Waals surface area (Å²) in [6.45, 7) is 8.54. The van der Waals surface area contributed by atoms with Gasteiger partial charge in [-0.2, -0.15) is 0 Å². The molecule has 3 rings (SSSR count). The lowest BCUT2D eigenvalue weighted by atomic mass is 10.1. The second kappa shape index (κ2) is 13.5. The van der Waals surface area contributed by atoms with E-state index in [9.17, 15) is 18.0 Å². The van der Waals surface area contributed by atoms with Crippen LogP contribution in [0.15, 0.2) is 71.6 Å². The molecule has 0 spiro atoms. The molecule has 10 heteroatoms. The standard InChI is InChI=1S/C30H35Cl2N3O4S/c1-6-22(4)33-30(37)23(5)34(18-26-27(31)8-7-9-28(26)32)29(36)19-35(24-14-10-20(2)11-15-24)40(38,39)25-16-12-21(3)13-17-25/h7-17,22-23H,6,18-19H2,1-5H3,(H,33,37). The molecule has 0 heterocycles. The number of carbonyl (C=O) groups is 2. The highest BCUT2D eigenvalue weighted by Gasteiger charge is 2.33. The maximum absolute atomic E-state index is 14.0. The van der Waals surface area contributed by atoms with Crippen LogP contribution in [0.5, 0.6) is 0 Å². The summed E-state index contributed by atoms with van der Waals surface area (Å²) in [7, 11) is -4.14. The number of hydrogen-bond acceptors (Lipinski definition) is 4. The fraction of sp³-hybridized carbons (Fsp3) is 0.333. The Morgan fingerprint density at radius 2 is 1.40 bits per heavy atom. The van der Waals surface area contributed by atoms with Crippen molar-refractivity contribution in [3.8, 4) is 0 Å². The Morgan fingerprint density at radius 1 is 0.875 bits per heavy atom. The number of rotatable bonds is 11. The number of benzene rings is 3. The van der Waals surface area contributed by atoms with E-state index in [0.29, 0.717) is 27.7 Å². The SMILES string of the molecule is CCC(C)NC(=O)C(C)N(Cc1c(Cl)cccc1Cl)C(=O)CN(c1ccc(C)cc1)S(=O)(=O)c1ccc(C)cc1. The maximum Gasteiger partial charge on any atom is 0.264 e. The third kappa shape index (κ3) is 7.56. The Hall–Kier alpha value is -3.07. The minimum atomic E-state index is -4.14. The van der Waals surface area contributed by atoms with Crippen molar-refractivity contribution < 1.29 is 18.0 Å². The summed E-state index contributed by atoms with van der Waals surface area (Å²) in [5.74, 6) is -0.951. The minimum Gasteiger partial charge on any atom is -0.352 e. The first-order valence-corrected chi connectivity index (χ1v) is 15.2. The number of sulfonamides is 1. The average Bonchev–Trinajstić information content (AvgIpc) is 2.91. The molecule has 2 unspecified atom stereocenters. The molecule has 3 aromatic rings. The van der Waals surface area contributed by atoms with Gasteiger partial charge in [-0.05, 0) is 70.5 Å². The first kappa shape index (κ1) is 31.5. The number of nitrogens with zero attached hydrogens (tertiary/aromatic N) is 2. The van der Waals surface area contributed by atoms with Gasteiger partial charge in [0.05, 0.1) is 10.6 Å². The van der Waals surface area contributed by atoms with E-state index in [-0.39, 0.29) is 23.4 Å². The fourth-order valence-corrected chi connectivity index (χ4v) is 5.91. The van der Waals surface area contributed by atoms with Gasteiger partial charge >= 0.3 is 0 Å². The van der Waals surface area contributed by atoms with Crippen LogP contribution in [-0.4, -0.2) is 43.8 Å². The van der Waals surface area contributed by atoms with Gasteiger partial charge in [-0.25, -0.2) is 8.42 Å². The molecule has 0 fully saturated rings. The highest BCUT2D eigenvalue weighted by molar-refractivity contribution is 7.92. The van der Waals surface area contributed by atoms with Crippen molar-refractivity contribution in [2.45, 2.75) is 64.6 Å². The van der Waals surface area contributed by atoms with E-state index < -0.39 is 28.5 Å². The Morgan fingerprint density at radius 3 is 1.93 bits per heavy atom.